The van der Waals surface area contributed by atoms with Crippen LogP contribution in [0.5, 0.6) is 5.75 Å². The topological polar surface area (TPSA) is 55.4 Å². The fraction of sp³-hybridized carbons (Fsp3) is 0.368. The fourth-order valence-electron chi connectivity index (χ4n) is 2.44. The van der Waals surface area contributed by atoms with E-state index >= 15 is 0 Å². The summed E-state index contributed by atoms with van der Waals surface area (Å²) in [6.07, 6.45) is 0. The molecule has 130 valence electrons. The SMILES string of the molecule is CCOc1cccc(C(C)NS(=O)(=O)c2ccc(C(C)C)cc2)c1. The predicted octanol–water partition coefficient (Wildman–Crippen LogP) is 4.25. The minimum atomic E-state index is -3.57. The second-order valence-electron chi connectivity index (χ2n) is 6.07. The van der Waals surface area contributed by atoms with Crippen molar-refractivity contribution in [3.05, 3.63) is 59.7 Å². The van der Waals surface area contributed by atoms with Crippen molar-refractivity contribution in [2.45, 2.75) is 44.6 Å². The molecule has 5 heteroatoms. The zero-order valence-corrected chi connectivity index (χ0v) is 15.4. The molecule has 0 aliphatic heterocycles. The molecule has 24 heavy (non-hydrogen) atoms. The lowest BCUT2D eigenvalue weighted by molar-refractivity contribution is 0.339. The summed E-state index contributed by atoms with van der Waals surface area (Å²) in [6, 6.07) is 14.2. The van der Waals surface area contributed by atoms with E-state index < -0.39 is 10.0 Å². The van der Waals surface area contributed by atoms with E-state index in [4.69, 9.17) is 4.74 Å². The zero-order valence-electron chi connectivity index (χ0n) is 14.6. The van der Waals surface area contributed by atoms with Gasteiger partial charge in [-0.05, 0) is 55.2 Å². The molecule has 1 N–H and O–H groups in total. The van der Waals surface area contributed by atoms with E-state index in [1.807, 2.05) is 50.2 Å². The monoisotopic (exact) mass is 347 g/mol. The Balaban J connectivity index is 2.17. The zero-order chi connectivity index (χ0) is 17.7. The van der Waals surface area contributed by atoms with Gasteiger partial charge in [0.1, 0.15) is 5.75 Å². The highest BCUT2D eigenvalue weighted by Crippen LogP contribution is 2.22. The summed E-state index contributed by atoms with van der Waals surface area (Å²) in [5.41, 5.74) is 1.98. The van der Waals surface area contributed by atoms with Crippen LogP contribution < -0.4 is 9.46 Å². The minimum absolute atomic E-state index is 0.278. The Morgan fingerprint density at radius 1 is 1.00 bits per heavy atom. The first-order valence-electron chi connectivity index (χ1n) is 8.18. The highest BCUT2D eigenvalue weighted by molar-refractivity contribution is 7.89. The maximum atomic E-state index is 12.6. The van der Waals surface area contributed by atoms with Crippen LogP contribution in [-0.2, 0) is 10.0 Å². The van der Waals surface area contributed by atoms with Gasteiger partial charge in [0, 0.05) is 6.04 Å². The molecule has 4 nitrogen and oxygen atoms in total. The number of benzene rings is 2. The third kappa shape index (κ3) is 4.58. The van der Waals surface area contributed by atoms with Crippen molar-refractivity contribution in [3.63, 3.8) is 0 Å². The summed E-state index contributed by atoms with van der Waals surface area (Å²) >= 11 is 0. The maximum absolute atomic E-state index is 12.6. The van der Waals surface area contributed by atoms with Crippen molar-refractivity contribution in [3.8, 4) is 5.75 Å². The van der Waals surface area contributed by atoms with Gasteiger partial charge in [-0.1, -0.05) is 38.1 Å². The first-order valence-corrected chi connectivity index (χ1v) is 9.67. The molecule has 2 aromatic carbocycles. The standard InChI is InChI=1S/C19H25NO3S/c1-5-23-18-8-6-7-17(13-18)15(4)20-24(21,22)19-11-9-16(10-12-19)14(2)3/h6-15,20H,5H2,1-4H3. The molecule has 0 saturated heterocycles. The second kappa shape index (κ2) is 7.81. The molecule has 2 rings (SSSR count). The Morgan fingerprint density at radius 3 is 2.25 bits per heavy atom. The van der Waals surface area contributed by atoms with Crippen molar-refractivity contribution < 1.29 is 13.2 Å². The van der Waals surface area contributed by atoms with E-state index in [0.717, 1.165) is 16.9 Å². The first-order chi connectivity index (χ1) is 11.3. The third-order valence-electron chi connectivity index (χ3n) is 3.86. The van der Waals surface area contributed by atoms with Crippen molar-refractivity contribution >= 4 is 10.0 Å². The second-order valence-corrected chi connectivity index (χ2v) is 7.79. The molecule has 1 atom stereocenters. The van der Waals surface area contributed by atoms with Crippen LogP contribution in [0, 0.1) is 0 Å². The van der Waals surface area contributed by atoms with Crippen LogP contribution in [-0.4, -0.2) is 15.0 Å². The fourth-order valence-corrected chi connectivity index (χ4v) is 3.67. The summed E-state index contributed by atoms with van der Waals surface area (Å²) in [5, 5.41) is 0. The largest absolute Gasteiger partial charge is 0.494 e. The van der Waals surface area contributed by atoms with Crippen LogP contribution in [0.3, 0.4) is 0 Å². The van der Waals surface area contributed by atoms with Crippen LogP contribution in [0.2, 0.25) is 0 Å². The molecule has 0 aliphatic rings. The Morgan fingerprint density at radius 2 is 1.67 bits per heavy atom. The van der Waals surface area contributed by atoms with E-state index in [9.17, 15) is 8.42 Å². The van der Waals surface area contributed by atoms with Crippen molar-refractivity contribution in [2.75, 3.05) is 6.61 Å². The van der Waals surface area contributed by atoms with Gasteiger partial charge < -0.3 is 4.74 Å². The van der Waals surface area contributed by atoms with E-state index in [-0.39, 0.29) is 10.9 Å². The van der Waals surface area contributed by atoms with Crippen molar-refractivity contribution in [1.29, 1.82) is 0 Å². The quantitative estimate of drug-likeness (QED) is 0.815. The summed E-state index contributed by atoms with van der Waals surface area (Å²) < 4.78 is 33.3. The molecule has 0 amide bonds. The summed E-state index contributed by atoms with van der Waals surface area (Å²) in [5.74, 6) is 1.11. The molecule has 0 aromatic heterocycles. The van der Waals surface area contributed by atoms with Crippen LogP contribution in [0.1, 0.15) is 50.8 Å². The van der Waals surface area contributed by atoms with E-state index in [1.165, 1.54) is 0 Å². The number of sulfonamides is 1. The Hall–Kier alpha value is -1.85. The van der Waals surface area contributed by atoms with E-state index in [2.05, 4.69) is 18.6 Å². The highest BCUT2D eigenvalue weighted by Gasteiger charge is 2.18. The van der Waals surface area contributed by atoms with Gasteiger partial charge >= 0.3 is 0 Å². The Labute approximate surface area is 144 Å². The lowest BCUT2D eigenvalue weighted by atomic mass is 10.0. The van der Waals surface area contributed by atoms with Gasteiger partial charge in [0.05, 0.1) is 11.5 Å². The third-order valence-corrected chi connectivity index (χ3v) is 5.41. The molecular weight excluding hydrogens is 322 g/mol. The smallest absolute Gasteiger partial charge is 0.241 e. The Kier molecular flexibility index (Phi) is 6.02. The molecule has 0 bridgehead atoms. The van der Waals surface area contributed by atoms with E-state index in [1.54, 1.807) is 12.1 Å². The van der Waals surface area contributed by atoms with Gasteiger partial charge in [-0.15, -0.1) is 0 Å². The van der Waals surface area contributed by atoms with Gasteiger partial charge in [-0.25, -0.2) is 13.1 Å². The van der Waals surface area contributed by atoms with Gasteiger partial charge in [0.15, 0.2) is 0 Å². The van der Waals surface area contributed by atoms with E-state index in [0.29, 0.717) is 12.5 Å². The lowest BCUT2D eigenvalue weighted by Gasteiger charge is -2.16. The number of hydrogen-bond donors (Lipinski definition) is 1. The van der Waals surface area contributed by atoms with Crippen molar-refractivity contribution in [2.24, 2.45) is 0 Å². The summed E-state index contributed by atoms with van der Waals surface area (Å²) in [7, 11) is -3.57. The molecule has 0 spiro atoms. The van der Waals surface area contributed by atoms with Crippen LogP contribution in [0.4, 0.5) is 0 Å². The van der Waals surface area contributed by atoms with Gasteiger partial charge in [0.2, 0.25) is 10.0 Å². The molecule has 0 aliphatic carbocycles. The minimum Gasteiger partial charge on any atom is -0.494 e. The maximum Gasteiger partial charge on any atom is 0.241 e. The molecule has 1 unspecified atom stereocenters. The predicted molar refractivity (Wildman–Crippen MR) is 96.9 cm³/mol. The molecule has 0 heterocycles. The van der Waals surface area contributed by atoms with Crippen molar-refractivity contribution in [1.82, 2.24) is 4.72 Å². The van der Waals surface area contributed by atoms with Crippen LogP contribution in [0.25, 0.3) is 0 Å². The molecule has 0 saturated carbocycles. The molecule has 0 radical (unpaired) electrons. The molecule has 2 aromatic rings. The first kappa shape index (κ1) is 18.5. The van der Waals surface area contributed by atoms with Crippen LogP contribution >= 0.6 is 0 Å². The number of nitrogens with one attached hydrogen (secondary N) is 1. The lowest BCUT2D eigenvalue weighted by Crippen LogP contribution is -2.26. The Bertz CT molecular complexity index is 767. The normalized spacial score (nSPS) is 13.0. The molecule has 0 fully saturated rings. The average Bonchev–Trinajstić information content (AvgIpc) is 2.55. The van der Waals surface area contributed by atoms with Gasteiger partial charge in [-0.2, -0.15) is 0 Å². The average molecular weight is 347 g/mol. The highest BCUT2D eigenvalue weighted by atomic mass is 32.2. The number of ether oxygens (including phenoxy) is 1. The van der Waals surface area contributed by atoms with Crippen LogP contribution in [0.15, 0.2) is 53.4 Å². The van der Waals surface area contributed by atoms with Gasteiger partial charge in [-0.3, -0.25) is 0 Å². The summed E-state index contributed by atoms with van der Waals surface area (Å²) in [6.45, 7) is 8.47. The number of rotatable bonds is 7. The summed E-state index contributed by atoms with van der Waals surface area (Å²) in [4.78, 5) is 0.278. The number of hydrogen-bond acceptors (Lipinski definition) is 3. The van der Waals surface area contributed by atoms with Gasteiger partial charge in [0.25, 0.3) is 0 Å². The molecular formula is C19H25NO3S.